The van der Waals surface area contributed by atoms with Gasteiger partial charge < -0.3 is 15.2 Å². The maximum atomic E-state index is 13.2. The molecule has 0 aliphatic heterocycles. The van der Waals surface area contributed by atoms with Crippen LogP contribution in [0.2, 0.25) is 0 Å². The number of carbonyl (C=O) groups is 1. The van der Waals surface area contributed by atoms with Gasteiger partial charge in [-0.25, -0.2) is 4.39 Å². The Kier molecular flexibility index (Phi) is 6.12. The standard InChI is InChI=1S/C17H17BrFNO3/c1-23-13-4-2-3-12(9-13)16(10-21)20-17(22)8-11-5-6-15(19)14(18)7-11/h2-7,9,16,21H,8,10H2,1H3,(H,20,22)/t16-/m1/s1. The van der Waals surface area contributed by atoms with Crippen molar-refractivity contribution in [3.8, 4) is 5.75 Å². The second-order valence-corrected chi connectivity index (χ2v) is 5.86. The number of aliphatic hydroxyl groups excluding tert-OH is 1. The van der Waals surface area contributed by atoms with E-state index in [2.05, 4.69) is 21.2 Å². The van der Waals surface area contributed by atoms with E-state index in [-0.39, 0.29) is 24.8 Å². The number of halogens is 2. The Morgan fingerprint density at radius 1 is 1.35 bits per heavy atom. The molecule has 0 heterocycles. The summed E-state index contributed by atoms with van der Waals surface area (Å²) >= 11 is 3.09. The van der Waals surface area contributed by atoms with Gasteiger partial charge in [0, 0.05) is 0 Å². The lowest BCUT2D eigenvalue weighted by Gasteiger charge is -2.17. The summed E-state index contributed by atoms with van der Waals surface area (Å²) in [5, 5.41) is 12.3. The molecule has 0 saturated heterocycles. The number of ether oxygens (including phenoxy) is 1. The fraction of sp³-hybridized carbons (Fsp3) is 0.235. The highest BCUT2D eigenvalue weighted by atomic mass is 79.9. The molecule has 2 aromatic rings. The smallest absolute Gasteiger partial charge is 0.224 e. The Balaban J connectivity index is 2.05. The van der Waals surface area contributed by atoms with Crippen LogP contribution in [-0.4, -0.2) is 24.7 Å². The average molecular weight is 382 g/mol. The van der Waals surface area contributed by atoms with Gasteiger partial charge in [0.1, 0.15) is 11.6 Å². The molecule has 1 atom stereocenters. The summed E-state index contributed by atoms with van der Waals surface area (Å²) in [6.45, 7) is -0.230. The van der Waals surface area contributed by atoms with Crippen LogP contribution < -0.4 is 10.1 Å². The molecule has 2 N–H and O–H groups in total. The molecule has 1 amide bonds. The first kappa shape index (κ1) is 17.4. The number of hydrogen-bond acceptors (Lipinski definition) is 3. The lowest BCUT2D eigenvalue weighted by Crippen LogP contribution is -2.32. The highest BCUT2D eigenvalue weighted by molar-refractivity contribution is 9.10. The molecule has 2 aromatic carbocycles. The predicted octanol–water partition coefficient (Wildman–Crippen LogP) is 2.99. The lowest BCUT2D eigenvalue weighted by molar-refractivity contribution is -0.121. The van der Waals surface area contributed by atoms with Gasteiger partial charge in [-0.3, -0.25) is 4.79 Å². The number of rotatable bonds is 6. The van der Waals surface area contributed by atoms with Crippen LogP contribution in [0, 0.1) is 5.82 Å². The van der Waals surface area contributed by atoms with Crippen molar-refractivity contribution in [1.82, 2.24) is 5.32 Å². The molecule has 0 saturated carbocycles. The van der Waals surface area contributed by atoms with Crippen LogP contribution in [0.25, 0.3) is 0 Å². The van der Waals surface area contributed by atoms with Crippen molar-refractivity contribution < 1.29 is 19.0 Å². The van der Waals surface area contributed by atoms with E-state index >= 15 is 0 Å². The normalized spacial score (nSPS) is 11.8. The minimum atomic E-state index is -0.526. The van der Waals surface area contributed by atoms with Gasteiger partial charge in [0.05, 0.1) is 30.7 Å². The van der Waals surface area contributed by atoms with E-state index in [1.54, 1.807) is 43.5 Å². The maximum Gasteiger partial charge on any atom is 0.224 e. The topological polar surface area (TPSA) is 58.6 Å². The summed E-state index contributed by atoms with van der Waals surface area (Å²) in [6.07, 6.45) is 0.0966. The largest absolute Gasteiger partial charge is 0.497 e. The fourth-order valence-corrected chi connectivity index (χ4v) is 2.60. The van der Waals surface area contributed by atoms with Crippen molar-refractivity contribution in [1.29, 1.82) is 0 Å². The predicted molar refractivity (Wildman–Crippen MR) is 88.8 cm³/mol. The van der Waals surface area contributed by atoms with Crippen LogP contribution >= 0.6 is 15.9 Å². The second-order valence-electron chi connectivity index (χ2n) is 5.00. The molecule has 0 radical (unpaired) electrons. The minimum absolute atomic E-state index is 0.0966. The Bertz CT molecular complexity index is 693. The average Bonchev–Trinajstić information content (AvgIpc) is 2.56. The van der Waals surface area contributed by atoms with E-state index < -0.39 is 6.04 Å². The number of aliphatic hydroxyl groups is 1. The van der Waals surface area contributed by atoms with Crippen LogP contribution in [-0.2, 0) is 11.2 Å². The monoisotopic (exact) mass is 381 g/mol. The zero-order valence-electron chi connectivity index (χ0n) is 12.6. The lowest BCUT2D eigenvalue weighted by atomic mass is 10.1. The molecule has 0 bridgehead atoms. The molecule has 122 valence electrons. The Labute approximate surface area is 142 Å². The van der Waals surface area contributed by atoms with E-state index in [1.165, 1.54) is 6.07 Å². The number of nitrogens with one attached hydrogen (secondary N) is 1. The van der Waals surface area contributed by atoms with Crippen LogP contribution in [0.1, 0.15) is 17.2 Å². The third-order valence-electron chi connectivity index (χ3n) is 3.36. The van der Waals surface area contributed by atoms with Crippen molar-refractivity contribution >= 4 is 21.8 Å². The van der Waals surface area contributed by atoms with Gasteiger partial charge in [0.15, 0.2) is 0 Å². The van der Waals surface area contributed by atoms with Gasteiger partial charge in [-0.2, -0.15) is 0 Å². The molecule has 0 aromatic heterocycles. The number of benzene rings is 2. The van der Waals surface area contributed by atoms with Gasteiger partial charge in [-0.15, -0.1) is 0 Å². The highest BCUT2D eigenvalue weighted by Crippen LogP contribution is 2.20. The zero-order valence-corrected chi connectivity index (χ0v) is 14.1. The Morgan fingerprint density at radius 2 is 2.13 bits per heavy atom. The van der Waals surface area contributed by atoms with Crippen LogP contribution in [0.3, 0.4) is 0 Å². The Hall–Kier alpha value is -1.92. The first-order valence-electron chi connectivity index (χ1n) is 7.01. The molecule has 0 aliphatic rings. The summed E-state index contributed by atoms with van der Waals surface area (Å²) in [5.74, 6) is 0.0156. The number of hydrogen-bond donors (Lipinski definition) is 2. The van der Waals surface area contributed by atoms with Crippen molar-refractivity contribution in [2.24, 2.45) is 0 Å². The second kappa shape index (κ2) is 8.08. The first-order valence-corrected chi connectivity index (χ1v) is 7.81. The van der Waals surface area contributed by atoms with Crippen molar-refractivity contribution in [3.63, 3.8) is 0 Å². The molecule has 0 unspecified atom stereocenters. The van der Waals surface area contributed by atoms with Crippen molar-refractivity contribution in [3.05, 3.63) is 63.9 Å². The molecule has 0 fully saturated rings. The summed E-state index contributed by atoms with van der Waals surface area (Å²) in [4.78, 5) is 12.1. The maximum absolute atomic E-state index is 13.2. The van der Waals surface area contributed by atoms with E-state index in [9.17, 15) is 14.3 Å². The van der Waals surface area contributed by atoms with E-state index in [0.717, 1.165) is 5.56 Å². The van der Waals surface area contributed by atoms with Crippen molar-refractivity contribution in [2.75, 3.05) is 13.7 Å². The van der Waals surface area contributed by atoms with Crippen LogP contribution in [0.5, 0.6) is 5.75 Å². The van der Waals surface area contributed by atoms with Gasteiger partial charge >= 0.3 is 0 Å². The third kappa shape index (κ3) is 4.77. The number of amides is 1. The number of methoxy groups -OCH3 is 1. The molecule has 23 heavy (non-hydrogen) atoms. The Morgan fingerprint density at radius 3 is 2.78 bits per heavy atom. The van der Waals surface area contributed by atoms with Gasteiger partial charge in [0.25, 0.3) is 0 Å². The molecule has 0 spiro atoms. The van der Waals surface area contributed by atoms with Gasteiger partial charge in [-0.05, 0) is 51.3 Å². The summed E-state index contributed by atoms with van der Waals surface area (Å²) < 4.78 is 18.7. The van der Waals surface area contributed by atoms with E-state index in [0.29, 0.717) is 15.8 Å². The molecule has 0 aliphatic carbocycles. The fourth-order valence-electron chi connectivity index (χ4n) is 2.17. The highest BCUT2D eigenvalue weighted by Gasteiger charge is 2.15. The molecule has 4 nitrogen and oxygen atoms in total. The third-order valence-corrected chi connectivity index (χ3v) is 3.97. The quantitative estimate of drug-likeness (QED) is 0.808. The summed E-state index contributed by atoms with van der Waals surface area (Å²) in [5.41, 5.74) is 1.43. The number of carbonyl (C=O) groups excluding carboxylic acids is 1. The summed E-state index contributed by atoms with van der Waals surface area (Å²) in [6, 6.07) is 11.0. The SMILES string of the molecule is COc1cccc([C@@H](CO)NC(=O)Cc2ccc(F)c(Br)c2)c1. The van der Waals surface area contributed by atoms with E-state index in [4.69, 9.17) is 4.74 Å². The van der Waals surface area contributed by atoms with Gasteiger partial charge in [0.2, 0.25) is 5.91 Å². The van der Waals surface area contributed by atoms with Crippen LogP contribution in [0.15, 0.2) is 46.9 Å². The van der Waals surface area contributed by atoms with Crippen molar-refractivity contribution in [2.45, 2.75) is 12.5 Å². The molecular formula is C17H17BrFNO3. The molecule has 6 heteroatoms. The van der Waals surface area contributed by atoms with Crippen LogP contribution in [0.4, 0.5) is 4.39 Å². The molecular weight excluding hydrogens is 365 g/mol. The zero-order chi connectivity index (χ0) is 16.8. The summed E-state index contributed by atoms with van der Waals surface area (Å²) in [7, 11) is 1.55. The first-order chi connectivity index (χ1) is 11.0. The van der Waals surface area contributed by atoms with E-state index in [1.807, 2.05) is 0 Å². The molecule has 2 rings (SSSR count). The van der Waals surface area contributed by atoms with Gasteiger partial charge in [-0.1, -0.05) is 18.2 Å². The minimum Gasteiger partial charge on any atom is -0.497 e.